The van der Waals surface area contributed by atoms with Crippen LogP contribution in [-0.4, -0.2) is 101 Å². The van der Waals surface area contributed by atoms with Crippen LogP contribution < -0.4 is 11.1 Å². The molecule has 2 fully saturated rings. The number of carbonyl (C=O) groups excluding carboxylic acids is 2. The fourth-order valence-electron chi connectivity index (χ4n) is 3.60. The van der Waals surface area contributed by atoms with Crippen molar-refractivity contribution in [3.05, 3.63) is 23.7 Å². The lowest BCUT2D eigenvalue weighted by atomic mass is 9.89. The van der Waals surface area contributed by atoms with Crippen LogP contribution in [0.15, 0.2) is 28.3 Å². The fraction of sp³-hybridized carbons (Fsp3) is 0.474. The van der Waals surface area contributed by atoms with E-state index in [1.807, 2.05) is 0 Å². The number of amides is 2. The minimum absolute atomic E-state index is 0.0103. The number of nitrogens with one attached hydrogen (secondary N) is 1. The third kappa shape index (κ3) is 5.68. The van der Waals surface area contributed by atoms with Gasteiger partial charge in [0.05, 0.1) is 12.4 Å². The first-order chi connectivity index (χ1) is 17.8. The summed E-state index contributed by atoms with van der Waals surface area (Å²) >= 11 is 9.22. The van der Waals surface area contributed by atoms with Crippen molar-refractivity contribution in [2.24, 2.45) is 10.6 Å². The highest BCUT2D eigenvalue weighted by Gasteiger charge is 2.57. The number of carboxylic acids is 1. The van der Waals surface area contributed by atoms with Gasteiger partial charge in [-0.15, -0.1) is 46.4 Å². The van der Waals surface area contributed by atoms with Crippen molar-refractivity contribution in [1.29, 1.82) is 0 Å². The van der Waals surface area contributed by atoms with E-state index in [2.05, 4.69) is 37.6 Å². The zero-order valence-corrected chi connectivity index (χ0v) is 22.4. The van der Waals surface area contributed by atoms with Crippen molar-refractivity contribution in [1.82, 2.24) is 35.4 Å². The van der Waals surface area contributed by atoms with Crippen molar-refractivity contribution in [3.63, 3.8) is 0 Å². The second kappa shape index (κ2) is 11.7. The molecular formula is C19H22ClN9O5S3. The number of hydrogen-bond acceptors (Lipinski definition) is 13. The average Bonchev–Trinajstić information content (AvgIpc) is 3.52. The fourth-order valence-corrected chi connectivity index (χ4v) is 6.96. The third-order valence-corrected chi connectivity index (χ3v) is 9.13. The highest BCUT2D eigenvalue weighted by Crippen LogP contribution is 2.44. The van der Waals surface area contributed by atoms with Gasteiger partial charge in [0.25, 0.3) is 5.91 Å². The number of thiazole rings is 1. The van der Waals surface area contributed by atoms with Gasteiger partial charge in [-0.25, -0.2) is 9.67 Å². The first-order valence-corrected chi connectivity index (χ1v) is 14.2. The number of nitrogens with zero attached hydrogens (tertiary/aromatic N) is 7. The van der Waals surface area contributed by atoms with Crippen molar-refractivity contribution < 1.29 is 24.3 Å². The molecule has 0 aliphatic carbocycles. The van der Waals surface area contributed by atoms with Crippen LogP contribution in [0.5, 0.6) is 0 Å². The lowest BCUT2D eigenvalue weighted by Gasteiger charge is -2.53. The molecule has 4 heterocycles. The average molecular weight is 588 g/mol. The number of alkyl halides is 1. The lowest BCUT2D eigenvalue weighted by molar-refractivity contribution is -0.157. The number of nitrogen functional groups attached to an aromatic ring is 1. The number of thioether (sulfide) groups is 2. The molecule has 0 aromatic carbocycles. The SMILES string of the molecule is C=CCn1nnnc1SCC1(C(=O)O)CS[C@@H]2C(NC(=O)C(=NOCCCl)c3csc(N)n3)C(=O)N2C1. The van der Waals surface area contributed by atoms with Gasteiger partial charge in [-0.3, -0.25) is 14.4 Å². The second-order valence-corrected chi connectivity index (χ2v) is 11.3. The molecule has 2 aliphatic heterocycles. The van der Waals surface area contributed by atoms with Crippen LogP contribution in [0.2, 0.25) is 0 Å². The Morgan fingerprint density at radius 3 is 3.00 bits per heavy atom. The predicted molar refractivity (Wildman–Crippen MR) is 138 cm³/mol. The Balaban J connectivity index is 1.42. The topological polar surface area (TPSA) is 191 Å². The number of aliphatic carboxylic acids is 1. The number of halogens is 1. The molecule has 198 valence electrons. The molecule has 0 radical (unpaired) electrons. The Hall–Kier alpha value is -2.89. The van der Waals surface area contributed by atoms with Crippen molar-refractivity contribution in [3.8, 4) is 0 Å². The standard InChI is InChI=1S/C19H22ClN9O5S3/c1-2-4-29-18(24-26-27-29)37-9-19(16(32)33)7-28-14(31)12(15(28)36-8-19)23-13(30)11(25-34-5-3-20)10-6-35-17(21)22-10/h2,6,12,15H,1,3-5,7-9H2,(H2,21,22)(H,23,30)(H,32,33)/t12?,15-,19?/m1/s1. The van der Waals surface area contributed by atoms with Crippen molar-refractivity contribution in [2.75, 3.05) is 36.3 Å². The monoisotopic (exact) mass is 587 g/mol. The first-order valence-electron chi connectivity index (χ1n) is 10.7. The molecule has 37 heavy (non-hydrogen) atoms. The van der Waals surface area contributed by atoms with Gasteiger partial charge in [0.1, 0.15) is 29.1 Å². The summed E-state index contributed by atoms with van der Waals surface area (Å²) in [6, 6.07) is -0.856. The lowest BCUT2D eigenvalue weighted by Crippen LogP contribution is -2.74. The maximum Gasteiger partial charge on any atom is 0.313 e. The summed E-state index contributed by atoms with van der Waals surface area (Å²) in [7, 11) is 0. The van der Waals surface area contributed by atoms with Gasteiger partial charge in [-0.05, 0) is 10.4 Å². The van der Waals surface area contributed by atoms with E-state index in [1.54, 1.807) is 11.5 Å². The van der Waals surface area contributed by atoms with Crippen LogP contribution in [0.3, 0.4) is 0 Å². The number of allylic oxidation sites excluding steroid dienone is 1. The van der Waals surface area contributed by atoms with Gasteiger partial charge < -0.3 is 25.9 Å². The summed E-state index contributed by atoms with van der Waals surface area (Å²) in [6.07, 6.45) is 1.63. The summed E-state index contributed by atoms with van der Waals surface area (Å²) in [5.74, 6) is -1.54. The molecule has 0 bridgehead atoms. The molecule has 2 aromatic rings. The van der Waals surface area contributed by atoms with E-state index in [4.69, 9.17) is 22.2 Å². The first kappa shape index (κ1) is 27.2. The Labute approximate surface area is 228 Å². The molecule has 0 saturated carbocycles. The Morgan fingerprint density at radius 2 is 2.32 bits per heavy atom. The van der Waals surface area contributed by atoms with Crippen molar-refractivity contribution in [2.45, 2.75) is 23.1 Å². The molecule has 2 aliphatic rings. The van der Waals surface area contributed by atoms with Crippen LogP contribution in [0.25, 0.3) is 0 Å². The maximum atomic E-state index is 13.0. The van der Waals surface area contributed by atoms with E-state index in [9.17, 15) is 19.5 Å². The summed E-state index contributed by atoms with van der Waals surface area (Å²) in [5.41, 5.74) is 4.52. The molecule has 2 unspecified atom stereocenters. The summed E-state index contributed by atoms with van der Waals surface area (Å²) in [4.78, 5) is 48.8. The summed E-state index contributed by atoms with van der Waals surface area (Å²) in [6.45, 7) is 4.10. The quantitative estimate of drug-likeness (QED) is 0.0579. The number of oxime groups is 1. The van der Waals surface area contributed by atoms with E-state index in [0.717, 1.165) is 11.3 Å². The molecule has 3 atom stereocenters. The van der Waals surface area contributed by atoms with Crippen LogP contribution in [-0.2, 0) is 25.8 Å². The third-order valence-electron chi connectivity index (χ3n) is 5.47. The van der Waals surface area contributed by atoms with Crippen LogP contribution in [0.4, 0.5) is 5.13 Å². The van der Waals surface area contributed by atoms with E-state index in [1.165, 1.54) is 33.1 Å². The predicted octanol–water partition coefficient (Wildman–Crippen LogP) is 0.121. The normalized spacial score (nSPS) is 23.2. The Morgan fingerprint density at radius 1 is 1.51 bits per heavy atom. The molecule has 4 N–H and O–H groups in total. The van der Waals surface area contributed by atoms with Gasteiger partial charge in [0.2, 0.25) is 11.1 Å². The Kier molecular flexibility index (Phi) is 8.56. The van der Waals surface area contributed by atoms with Gasteiger partial charge in [-0.2, -0.15) is 0 Å². The van der Waals surface area contributed by atoms with E-state index in [-0.39, 0.29) is 47.1 Å². The molecular weight excluding hydrogens is 566 g/mol. The van der Waals surface area contributed by atoms with E-state index < -0.39 is 34.6 Å². The molecule has 2 saturated heterocycles. The van der Waals surface area contributed by atoms with Gasteiger partial charge in [0.15, 0.2) is 10.8 Å². The molecule has 18 heteroatoms. The van der Waals surface area contributed by atoms with Gasteiger partial charge >= 0.3 is 5.97 Å². The molecule has 14 nitrogen and oxygen atoms in total. The number of β-lactam (4-membered cyclic amide) rings is 1. The summed E-state index contributed by atoms with van der Waals surface area (Å²) < 4.78 is 1.51. The van der Waals surface area contributed by atoms with Gasteiger partial charge in [-0.1, -0.05) is 23.0 Å². The second-order valence-electron chi connectivity index (χ2n) is 7.96. The number of rotatable bonds is 12. The van der Waals surface area contributed by atoms with Gasteiger partial charge in [0, 0.05) is 23.4 Å². The van der Waals surface area contributed by atoms with Crippen molar-refractivity contribution >= 4 is 75.1 Å². The minimum Gasteiger partial charge on any atom is -0.481 e. The number of tetrazole rings is 1. The smallest absolute Gasteiger partial charge is 0.313 e. The zero-order chi connectivity index (χ0) is 26.6. The number of carbonyl (C=O) groups is 3. The number of carboxylic acid groups (broad SMARTS) is 1. The van der Waals surface area contributed by atoms with E-state index in [0.29, 0.717) is 11.7 Å². The molecule has 2 amide bonds. The number of fused-ring (bicyclic) bond motifs is 1. The summed E-state index contributed by atoms with van der Waals surface area (Å²) in [5, 5.41) is 29.8. The highest BCUT2D eigenvalue weighted by molar-refractivity contribution is 8.00. The molecule has 2 aromatic heterocycles. The van der Waals surface area contributed by atoms with E-state index >= 15 is 0 Å². The molecule has 0 spiro atoms. The number of nitrogens with two attached hydrogens (primary N) is 1. The largest absolute Gasteiger partial charge is 0.481 e. The number of hydrogen-bond donors (Lipinski definition) is 3. The van der Waals surface area contributed by atoms with Crippen LogP contribution in [0.1, 0.15) is 5.69 Å². The number of aromatic nitrogens is 5. The van der Waals surface area contributed by atoms with Crippen LogP contribution >= 0.6 is 46.5 Å². The van der Waals surface area contributed by atoms with Crippen LogP contribution in [0, 0.1) is 5.41 Å². The highest BCUT2D eigenvalue weighted by atomic mass is 35.5. The Bertz CT molecular complexity index is 1220. The number of anilines is 1. The maximum absolute atomic E-state index is 13.0. The molecule has 4 rings (SSSR count). The zero-order valence-electron chi connectivity index (χ0n) is 19.1. The minimum atomic E-state index is -1.22.